The Labute approximate surface area is 155 Å². The van der Waals surface area contributed by atoms with Crippen LogP contribution in [0, 0.1) is 11.8 Å². The number of amidine groups is 1. The Balaban J connectivity index is 2.24. The summed E-state index contributed by atoms with van der Waals surface area (Å²) in [5.74, 6) is 2.51. The summed E-state index contributed by atoms with van der Waals surface area (Å²) >= 11 is 3.27. The first-order chi connectivity index (χ1) is 11.6. The lowest BCUT2D eigenvalue weighted by atomic mass is 9.89. The number of amides is 1. The van der Waals surface area contributed by atoms with Crippen LogP contribution < -0.4 is 5.32 Å². The molecule has 0 fully saturated rings. The maximum atomic E-state index is 12.0. The van der Waals surface area contributed by atoms with Crippen LogP contribution in [0.15, 0.2) is 22.5 Å². The zero-order chi connectivity index (χ0) is 17.8. The average molecular weight is 369 g/mol. The second-order valence-electron chi connectivity index (χ2n) is 6.42. The van der Waals surface area contributed by atoms with Crippen molar-refractivity contribution in [2.45, 2.75) is 59.3 Å². The minimum absolute atomic E-state index is 0.0199. The molecular formula is C19H32N2OS2. The van der Waals surface area contributed by atoms with Crippen molar-refractivity contribution < 1.29 is 4.79 Å². The fourth-order valence-corrected chi connectivity index (χ4v) is 4.22. The summed E-state index contributed by atoms with van der Waals surface area (Å²) in [7, 11) is 1.74. The molecule has 2 atom stereocenters. The molecule has 1 aromatic rings. The summed E-state index contributed by atoms with van der Waals surface area (Å²) < 4.78 is 0. The average Bonchev–Trinajstić information content (AvgIpc) is 3.06. The topological polar surface area (TPSA) is 41.5 Å². The number of unbranched alkanes of at least 4 members (excludes halogenated alkanes) is 2. The fourth-order valence-electron chi connectivity index (χ4n) is 2.52. The van der Waals surface area contributed by atoms with Gasteiger partial charge in [0, 0.05) is 17.7 Å². The molecule has 0 aliphatic carbocycles. The van der Waals surface area contributed by atoms with Crippen LogP contribution in [-0.2, 0) is 11.2 Å². The van der Waals surface area contributed by atoms with Crippen LogP contribution in [-0.4, -0.2) is 23.9 Å². The summed E-state index contributed by atoms with van der Waals surface area (Å²) in [4.78, 5) is 17.3. The van der Waals surface area contributed by atoms with E-state index in [4.69, 9.17) is 0 Å². The van der Waals surface area contributed by atoms with Crippen LogP contribution in [0.1, 0.15) is 57.8 Å². The highest BCUT2D eigenvalue weighted by Gasteiger charge is 2.13. The van der Waals surface area contributed by atoms with Crippen molar-refractivity contribution >= 4 is 34.2 Å². The first kappa shape index (κ1) is 21.2. The number of nitrogens with one attached hydrogen (secondary N) is 1. The Bertz CT molecular complexity index is 486. The second-order valence-corrected chi connectivity index (χ2v) is 8.54. The van der Waals surface area contributed by atoms with Crippen molar-refractivity contribution in [1.29, 1.82) is 0 Å². The van der Waals surface area contributed by atoms with E-state index in [-0.39, 0.29) is 5.91 Å². The molecule has 1 amide bonds. The third-order valence-electron chi connectivity index (χ3n) is 4.41. The van der Waals surface area contributed by atoms with E-state index in [0.29, 0.717) is 12.3 Å². The van der Waals surface area contributed by atoms with Crippen LogP contribution in [0.25, 0.3) is 0 Å². The van der Waals surface area contributed by atoms with Gasteiger partial charge in [-0.05, 0) is 29.7 Å². The molecule has 1 aromatic heterocycles. The predicted octanol–water partition coefficient (Wildman–Crippen LogP) is 5.37. The number of nitrogens with zero attached hydrogens (tertiary/aromatic N) is 1. The van der Waals surface area contributed by atoms with Gasteiger partial charge in [-0.15, -0.1) is 11.3 Å². The van der Waals surface area contributed by atoms with Gasteiger partial charge in [0.1, 0.15) is 0 Å². The minimum atomic E-state index is 0.0199. The number of aliphatic imine (C=N–C) groups is 1. The molecule has 0 aliphatic rings. The molecule has 0 aromatic carbocycles. The lowest BCUT2D eigenvalue weighted by Gasteiger charge is -2.19. The van der Waals surface area contributed by atoms with Gasteiger partial charge in [-0.25, -0.2) is 0 Å². The van der Waals surface area contributed by atoms with E-state index in [1.807, 2.05) is 17.5 Å². The number of thioether (sulfide) groups is 1. The fraction of sp³-hybridized carbons (Fsp3) is 0.684. The molecule has 0 saturated heterocycles. The molecule has 136 valence electrons. The number of carbonyl (C=O) groups is 1. The summed E-state index contributed by atoms with van der Waals surface area (Å²) in [5.41, 5.74) is 0. The molecular weight excluding hydrogens is 336 g/mol. The van der Waals surface area contributed by atoms with Crippen LogP contribution >= 0.6 is 23.1 Å². The van der Waals surface area contributed by atoms with Crippen molar-refractivity contribution in [3.8, 4) is 0 Å². The van der Waals surface area contributed by atoms with Gasteiger partial charge in [-0.2, -0.15) is 0 Å². The van der Waals surface area contributed by atoms with Gasteiger partial charge in [0.25, 0.3) is 0 Å². The SMILES string of the molecule is CCCCCC(C)C(C)CCSC(=NC)NC(=O)Cc1cccs1. The van der Waals surface area contributed by atoms with Crippen molar-refractivity contribution in [1.82, 2.24) is 5.32 Å². The Morgan fingerprint density at radius 1 is 1.29 bits per heavy atom. The molecule has 1 rings (SSSR count). The Morgan fingerprint density at radius 2 is 2.04 bits per heavy atom. The molecule has 1 N–H and O–H groups in total. The smallest absolute Gasteiger partial charge is 0.231 e. The summed E-state index contributed by atoms with van der Waals surface area (Å²) in [5, 5.41) is 5.66. The second kappa shape index (κ2) is 12.5. The van der Waals surface area contributed by atoms with Crippen molar-refractivity contribution in [3.63, 3.8) is 0 Å². The Hall–Kier alpha value is -0.810. The highest BCUT2D eigenvalue weighted by molar-refractivity contribution is 8.13. The molecule has 3 nitrogen and oxygen atoms in total. The molecule has 0 spiro atoms. The van der Waals surface area contributed by atoms with Crippen molar-refractivity contribution in [2.24, 2.45) is 16.8 Å². The molecule has 5 heteroatoms. The van der Waals surface area contributed by atoms with Gasteiger partial charge in [0.2, 0.25) is 5.91 Å². The van der Waals surface area contributed by atoms with Gasteiger partial charge < -0.3 is 5.32 Å². The van der Waals surface area contributed by atoms with Crippen LogP contribution in [0.2, 0.25) is 0 Å². The molecule has 0 radical (unpaired) electrons. The van der Waals surface area contributed by atoms with Crippen LogP contribution in [0.4, 0.5) is 0 Å². The molecule has 0 aliphatic heterocycles. The third-order valence-corrected chi connectivity index (χ3v) is 6.29. The van der Waals surface area contributed by atoms with Gasteiger partial charge in [0.15, 0.2) is 5.17 Å². The quantitative estimate of drug-likeness (QED) is 0.343. The minimum Gasteiger partial charge on any atom is -0.305 e. The maximum absolute atomic E-state index is 12.0. The largest absolute Gasteiger partial charge is 0.305 e. The number of hydrogen-bond donors (Lipinski definition) is 1. The van der Waals surface area contributed by atoms with E-state index in [1.165, 1.54) is 25.7 Å². The van der Waals surface area contributed by atoms with Gasteiger partial charge in [0.05, 0.1) is 6.42 Å². The van der Waals surface area contributed by atoms with Gasteiger partial charge in [-0.3, -0.25) is 9.79 Å². The van der Waals surface area contributed by atoms with E-state index in [2.05, 4.69) is 31.1 Å². The number of thiophene rings is 1. The number of carbonyl (C=O) groups excluding carboxylic acids is 1. The molecule has 1 heterocycles. The van der Waals surface area contributed by atoms with E-state index in [9.17, 15) is 4.79 Å². The standard InChI is InChI=1S/C19H32N2OS2/c1-5-6-7-9-15(2)16(3)11-13-24-19(20-4)21-18(22)14-17-10-8-12-23-17/h8,10,12,15-16H,5-7,9,11,13-14H2,1-4H3,(H,20,21,22). The summed E-state index contributed by atoms with van der Waals surface area (Å²) in [6.07, 6.45) is 6.90. The number of hydrogen-bond acceptors (Lipinski definition) is 4. The third kappa shape index (κ3) is 8.88. The van der Waals surface area contributed by atoms with E-state index in [0.717, 1.165) is 28.1 Å². The maximum Gasteiger partial charge on any atom is 0.231 e. The normalized spacial score (nSPS) is 14.4. The lowest BCUT2D eigenvalue weighted by molar-refractivity contribution is -0.118. The first-order valence-corrected chi connectivity index (χ1v) is 10.8. The molecule has 24 heavy (non-hydrogen) atoms. The van der Waals surface area contributed by atoms with E-state index < -0.39 is 0 Å². The van der Waals surface area contributed by atoms with Crippen LogP contribution in [0.5, 0.6) is 0 Å². The molecule has 0 saturated carbocycles. The highest BCUT2D eigenvalue weighted by Crippen LogP contribution is 2.23. The Morgan fingerprint density at radius 3 is 2.67 bits per heavy atom. The van der Waals surface area contributed by atoms with Crippen molar-refractivity contribution in [3.05, 3.63) is 22.4 Å². The first-order valence-electron chi connectivity index (χ1n) is 8.98. The zero-order valence-corrected chi connectivity index (χ0v) is 17.1. The highest BCUT2D eigenvalue weighted by atomic mass is 32.2. The van der Waals surface area contributed by atoms with Crippen LogP contribution in [0.3, 0.4) is 0 Å². The summed E-state index contributed by atoms with van der Waals surface area (Å²) in [6.45, 7) is 6.96. The molecule has 0 bridgehead atoms. The lowest BCUT2D eigenvalue weighted by Crippen LogP contribution is -2.30. The van der Waals surface area contributed by atoms with Gasteiger partial charge in [-0.1, -0.05) is 64.3 Å². The molecule has 2 unspecified atom stereocenters. The van der Waals surface area contributed by atoms with E-state index >= 15 is 0 Å². The summed E-state index contributed by atoms with van der Waals surface area (Å²) in [6, 6.07) is 3.96. The zero-order valence-electron chi connectivity index (χ0n) is 15.5. The van der Waals surface area contributed by atoms with E-state index in [1.54, 1.807) is 30.1 Å². The Kier molecular flexibility index (Phi) is 11.1. The predicted molar refractivity (Wildman–Crippen MR) is 109 cm³/mol. The van der Waals surface area contributed by atoms with Gasteiger partial charge >= 0.3 is 0 Å². The monoisotopic (exact) mass is 368 g/mol. The van der Waals surface area contributed by atoms with Crippen molar-refractivity contribution in [2.75, 3.05) is 12.8 Å². The number of rotatable bonds is 10.